The summed E-state index contributed by atoms with van der Waals surface area (Å²) in [6.07, 6.45) is 0. The summed E-state index contributed by atoms with van der Waals surface area (Å²) in [6, 6.07) is 15.6. The van der Waals surface area contributed by atoms with Crippen LogP contribution in [0, 0.1) is 12.7 Å². The lowest BCUT2D eigenvalue weighted by Crippen LogP contribution is -2.02. The summed E-state index contributed by atoms with van der Waals surface area (Å²) in [6.45, 7) is 10.5. The Morgan fingerprint density at radius 1 is 0.909 bits per heavy atom. The molecule has 1 aromatic heterocycles. The Balaban J connectivity index is 0.000000847. The lowest BCUT2D eigenvalue weighted by atomic mass is 10.0. The molecule has 2 heteroatoms. The first-order chi connectivity index (χ1) is 10.6. The summed E-state index contributed by atoms with van der Waals surface area (Å²) in [5.41, 5.74) is 4.74. The molecule has 1 nitrogen and oxygen atoms in total. The number of benzene rings is 2. The minimum atomic E-state index is -0.195. The van der Waals surface area contributed by atoms with Crippen LogP contribution < -0.4 is 0 Å². The van der Waals surface area contributed by atoms with E-state index < -0.39 is 0 Å². The van der Waals surface area contributed by atoms with Crippen LogP contribution in [0.2, 0.25) is 0 Å². The number of rotatable bonds is 2. The van der Waals surface area contributed by atoms with Crippen molar-refractivity contribution < 1.29 is 4.39 Å². The van der Waals surface area contributed by atoms with Gasteiger partial charge in [0.25, 0.3) is 0 Å². The van der Waals surface area contributed by atoms with E-state index in [0.717, 1.165) is 5.56 Å². The average molecular weight is 297 g/mol. The standard InChI is InChI=1S/C18H18FN.C2H6/c1-12(2)20-13(3)18(14-8-10-15(19)11-9-14)16-6-4-5-7-17(16)20;1-2/h4-12H,1-3H3;1-2H3. The molecule has 1 heterocycles. The fourth-order valence-corrected chi connectivity index (χ4v) is 3.04. The van der Waals surface area contributed by atoms with Crippen LogP contribution in [0.4, 0.5) is 4.39 Å². The van der Waals surface area contributed by atoms with E-state index in [4.69, 9.17) is 0 Å². The van der Waals surface area contributed by atoms with E-state index in [2.05, 4.69) is 49.6 Å². The first kappa shape index (κ1) is 16.3. The quantitative estimate of drug-likeness (QED) is 0.518. The Labute approximate surface area is 132 Å². The van der Waals surface area contributed by atoms with E-state index in [1.807, 2.05) is 26.0 Å². The molecule has 3 rings (SSSR count). The predicted molar refractivity (Wildman–Crippen MR) is 93.8 cm³/mol. The second-order valence-electron chi connectivity index (χ2n) is 5.45. The van der Waals surface area contributed by atoms with Crippen molar-refractivity contribution >= 4 is 10.9 Å². The minimum Gasteiger partial charge on any atom is -0.342 e. The summed E-state index contributed by atoms with van der Waals surface area (Å²) < 4.78 is 15.5. The minimum absolute atomic E-state index is 0.195. The third kappa shape index (κ3) is 2.78. The van der Waals surface area contributed by atoms with E-state index in [0.29, 0.717) is 6.04 Å². The number of hydrogen-bond acceptors (Lipinski definition) is 0. The average Bonchev–Trinajstić information content (AvgIpc) is 2.82. The van der Waals surface area contributed by atoms with E-state index in [1.165, 1.54) is 34.3 Å². The lowest BCUT2D eigenvalue weighted by Gasteiger charge is -2.12. The number of aromatic nitrogens is 1. The fourth-order valence-electron chi connectivity index (χ4n) is 3.04. The summed E-state index contributed by atoms with van der Waals surface area (Å²) >= 11 is 0. The smallest absolute Gasteiger partial charge is 0.123 e. The molecule has 0 spiro atoms. The van der Waals surface area contributed by atoms with Crippen LogP contribution >= 0.6 is 0 Å². The normalized spacial score (nSPS) is 10.7. The highest BCUT2D eigenvalue weighted by Gasteiger charge is 2.16. The number of halogens is 1. The summed E-state index contributed by atoms with van der Waals surface area (Å²) in [4.78, 5) is 0. The van der Waals surface area contributed by atoms with Gasteiger partial charge >= 0.3 is 0 Å². The zero-order valence-electron chi connectivity index (χ0n) is 14.0. The second kappa shape index (κ2) is 6.78. The molecule has 116 valence electrons. The molecular formula is C20H24FN. The molecule has 0 fully saturated rings. The SMILES string of the molecule is CC.Cc1c(-c2ccc(F)cc2)c2ccccc2n1C(C)C. The van der Waals surface area contributed by atoms with Crippen LogP contribution in [0.5, 0.6) is 0 Å². The molecule has 2 aromatic carbocycles. The third-order valence-electron chi connectivity index (χ3n) is 3.81. The van der Waals surface area contributed by atoms with Crippen LogP contribution in [0.1, 0.15) is 39.4 Å². The van der Waals surface area contributed by atoms with Crippen molar-refractivity contribution in [3.63, 3.8) is 0 Å². The summed E-state index contributed by atoms with van der Waals surface area (Å²) in [7, 11) is 0. The molecule has 0 aliphatic heterocycles. The van der Waals surface area contributed by atoms with Gasteiger partial charge in [-0.3, -0.25) is 0 Å². The van der Waals surface area contributed by atoms with Gasteiger partial charge in [-0.15, -0.1) is 0 Å². The number of fused-ring (bicyclic) bond motifs is 1. The Bertz CT molecular complexity index is 751. The van der Waals surface area contributed by atoms with Gasteiger partial charge in [0.15, 0.2) is 0 Å². The molecule has 0 saturated carbocycles. The molecule has 0 radical (unpaired) electrons. The Morgan fingerprint density at radius 2 is 1.50 bits per heavy atom. The van der Waals surface area contributed by atoms with Crippen molar-refractivity contribution in [2.75, 3.05) is 0 Å². The number of hydrogen-bond donors (Lipinski definition) is 0. The van der Waals surface area contributed by atoms with Crippen LogP contribution in [-0.4, -0.2) is 4.57 Å². The largest absolute Gasteiger partial charge is 0.342 e. The van der Waals surface area contributed by atoms with Crippen molar-refractivity contribution in [1.82, 2.24) is 4.57 Å². The van der Waals surface area contributed by atoms with Crippen molar-refractivity contribution in [2.24, 2.45) is 0 Å². The second-order valence-corrected chi connectivity index (χ2v) is 5.45. The van der Waals surface area contributed by atoms with Gasteiger partial charge in [0.1, 0.15) is 5.82 Å². The monoisotopic (exact) mass is 297 g/mol. The van der Waals surface area contributed by atoms with Gasteiger partial charge in [0.2, 0.25) is 0 Å². The maximum atomic E-state index is 13.1. The van der Waals surface area contributed by atoms with Gasteiger partial charge in [0.05, 0.1) is 0 Å². The topological polar surface area (TPSA) is 4.93 Å². The zero-order chi connectivity index (χ0) is 16.3. The Hall–Kier alpha value is -2.09. The van der Waals surface area contributed by atoms with E-state index in [9.17, 15) is 4.39 Å². The van der Waals surface area contributed by atoms with Gasteiger partial charge in [-0.1, -0.05) is 44.2 Å². The predicted octanol–water partition coefficient (Wildman–Crippen LogP) is 6.36. The summed E-state index contributed by atoms with van der Waals surface area (Å²) in [5, 5.41) is 1.23. The Kier molecular flexibility index (Phi) is 5.02. The molecule has 0 aliphatic carbocycles. The summed E-state index contributed by atoms with van der Waals surface area (Å²) in [5.74, 6) is -0.195. The fraction of sp³-hybridized carbons (Fsp3) is 0.300. The van der Waals surface area contributed by atoms with Crippen LogP contribution in [-0.2, 0) is 0 Å². The highest BCUT2D eigenvalue weighted by molar-refractivity contribution is 5.98. The molecule has 0 atom stereocenters. The third-order valence-corrected chi connectivity index (χ3v) is 3.81. The molecular weight excluding hydrogens is 273 g/mol. The van der Waals surface area contributed by atoms with Crippen LogP contribution in [0.3, 0.4) is 0 Å². The van der Waals surface area contributed by atoms with Gasteiger partial charge in [0, 0.05) is 28.2 Å². The van der Waals surface area contributed by atoms with Crippen LogP contribution in [0.15, 0.2) is 48.5 Å². The molecule has 0 amide bonds. The molecule has 0 saturated heterocycles. The van der Waals surface area contributed by atoms with Gasteiger partial charge < -0.3 is 4.57 Å². The molecule has 3 aromatic rings. The molecule has 22 heavy (non-hydrogen) atoms. The van der Waals surface area contributed by atoms with Crippen molar-refractivity contribution in [3.8, 4) is 11.1 Å². The maximum Gasteiger partial charge on any atom is 0.123 e. The van der Waals surface area contributed by atoms with Crippen molar-refractivity contribution in [3.05, 3.63) is 60.0 Å². The van der Waals surface area contributed by atoms with E-state index >= 15 is 0 Å². The van der Waals surface area contributed by atoms with Gasteiger partial charge in [-0.05, 0) is 44.5 Å². The van der Waals surface area contributed by atoms with Crippen LogP contribution in [0.25, 0.3) is 22.0 Å². The first-order valence-electron chi connectivity index (χ1n) is 7.95. The molecule has 0 bridgehead atoms. The van der Waals surface area contributed by atoms with Gasteiger partial charge in [-0.25, -0.2) is 4.39 Å². The maximum absolute atomic E-state index is 13.1. The van der Waals surface area contributed by atoms with Crippen molar-refractivity contribution in [2.45, 2.75) is 40.7 Å². The van der Waals surface area contributed by atoms with Crippen molar-refractivity contribution in [1.29, 1.82) is 0 Å². The number of para-hydroxylation sites is 1. The molecule has 0 unspecified atom stereocenters. The number of nitrogens with zero attached hydrogens (tertiary/aromatic N) is 1. The first-order valence-corrected chi connectivity index (χ1v) is 7.95. The highest BCUT2D eigenvalue weighted by Crippen LogP contribution is 2.36. The van der Waals surface area contributed by atoms with E-state index in [-0.39, 0.29) is 5.82 Å². The lowest BCUT2D eigenvalue weighted by molar-refractivity contribution is 0.608. The highest BCUT2D eigenvalue weighted by atomic mass is 19.1. The zero-order valence-corrected chi connectivity index (χ0v) is 14.0. The molecule has 0 aliphatic rings. The van der Waals surface area contributed by atoms with E-state index in [1.54, 1.807) is 0 Å². The Morgan fingerprint density at radius 3 is 2.09 bits per heavy atom. The molecule has 0 N–H and O–H groups in total. The van der Waals surface area contributed by atoms with Gasteiger partial charge in [-0.2, -0.15) is 0 Å².